The summed E-state index contributed by atoms with van der Waals surface area (Å²) in [6.45, 7) is 3.88. The van der Waals surface area contributed by atoms with Crippen molar-refractivity contribution in [3.63, 3.8) is 0 Å². The molecule has 0 radical (unpaired) electrons. The van der Waals surface area contributed by atoms with Gasteiger partial charge in [0.1, 0.15) is 11.4 Å². The summed E-state index contributed by atoms with van der Waals surface area (Å²) in [7, 11) is 0. The second kappa shape index (κ2) is 8.00. The lowest BCUT2D eigenvalue weighted by Gasteiger charge is -2.36. The monoisotopic (exact) mass is 413 g/mol. The summed E-state index contributed by atoms with van der Waals surface area (Å²) in [4.78, 5) is 33.8. The molecule has 3 aromatic rings. The molecule has 2 amide bonds. The molecule has 1 saturated heterocycles. The molecule has 1 fully saturated rings. The lowest BCUT2D eigenvalue weighted by atomic mass is 10.0. The van der Waals surface area contributed by atoms with Gasteiger partial charge in [-0.15, -0.1) is 0 Å². The molecular weight excluding hydrogens is 394 g/mol. The number of rotatable bonds is 3. The summed E-state index contributed by atoms with van der Waals surface area (Å²) in [6, 6.07) is 20.3. The minimum Gasteiger partial charge on any atom is -0.268 e. The van der Waals surface area contributed by atoms with Gasteiger partial charge in [0.25, 0.3) is 11.8 Å². The van der Waals surface area contributed by atoms with Gasteiger partial charge in [-0.2, -0.15) is 0 Å². The summed E-state index contributed by atoms with van der Waals surface area (Å²) < 4.78 is 0. The second-order valence-electron chi connectivity index (χ2n) is 7.01. The van der Waals surface area contributed by atoms with E-state index >= 15 is 0 Å². The fraction of sp³-hybridized carbons (Fsp3) is 0.0833. The van der Waals surface area contributed by atoms with Gasteiger partial charge in [-0.05, 0) is 61.5 Å². The molecule has 4 rings (SSSR count). The van der Waals surface area contributed by atoms with Crippen LogP contribution in [0.2, 0.25) is 0 Å². The van der Waals surface area contributed by atoms with E-state index < -0.39 is 11.8 Å². The molecule has 1 aromatic heterocycles. The first-order valence-corrected chi connectivity index (χ1v) is 9.86. The Morgan fingerprint density at radius 1 is 0.833 bits per heavy atom. The smallest absolute Gasteiger partial charge is 0.268 e. The van der Waals surface area contributed by atoms with Crippen LogP contribution < -0.4 is 9.80 Å². The van der Waals surface area contributed by atoms with Crippen LogP contribution in [0.1, 0.15) is 16.7 Å². The quantitative estimate of drug-likeness (QED) is 0.362. The van der Waals surface area contributed by atoms with E-state index in [1.54, 1.807) is 30.5 Å². The largest absolute Gasteiger partial charge is 0.271 e. The normalized spacial score (nSPS) is 15.8. The van der Waals surface area contributed by atoms with Crippen LogP contribution in [0.25, 0.3) is 6.08 Å². The van der Waals surface area contributed by atoms with Crippen molar-refractivity contribution in [2.75, 3.05) is 9.80 Å². The Hall–Kier alpha value is -3.64. The fourth-order valence-corrected chi connectivity index (χ4v) is 3.63. The Labute approximate surface area is 180 Å². The first kappa shape index (κ1) is 19.7. The van der Waals surface area contributed by atoms with E-state index in [9.17, 15) is 9.59 Å². The van der Waals surface area contributed by atoms with Crippen molar-refractivity contribution in [1.82, 2.24) is 4.98 Å². The molecule has 5 nitrogen and oxygen atoms in total. The number of anilines is 2. The number of amides is 2. The van der Waals surface area contributed by atoms with Crippen LogP contribution in [-0.4, -0.2) is 21.9 Å². The maximum absolute atomic E-state index is 13.4. The van der Waals surface area contributed by atoms with Crippen LogP contribution in [-0.2, 0) is 9.59 Å². The molecule has 0 aliphatic carbocycles. The van der Waals surface area contributed by atoms with Gasteiger partial charge in [0, 0.05) is 6.20 Å². The van der Waals surface area contributed by atoms with E-state index in [1.807, 2.05) is 62.4 Å². The highest BCUT2D eigenvalue weighted by molar-refractivity contribution is 7.81. The number of benzene rings is 2. The summed E-state index contributed by atoms with van der Waals surface area (Å²) in [5.74, 6) is -0.574. The highest BCUT2D eigenvalue weighted by atomic mass is 32.1. The number of pyridine rings is 1. The van der Waals surface area contributed by atoms with Gasteiger partial charge in [-0.25, -0.2) is 9.88 Å². The standard InChI is InChI=1S/C24H19N3O2S/c1-16-10-12-18(13-11-16)15-19-22(28)26(20-8-4-3-7-17(20)2)24(30)27(23(19)29)21-9-5-6-14-25-21/h3-15H,1-2H3/b19-15-. The lowest BCUT2D eigenvalue weighted by molar-refractivity contribution is -0.120. The van der Waals surface area contributed by atoms with Crippen molar-refractivity contribution in [1.29, 1.82) is 0 Å². The zero-order valence-electron chi connectivity index (χ0n) is 16.6. The average Bonchev–Trinajstić information content (AvgIpc) is 2.75. The third kappa shape index (κ3) is 3.53. The molecule has 0 atom stereocenters. The van der Waals surface area contributed by atoms with Gasteiger partial charge in [0.05, 0.1) is 5.69 Å². The molecule has 1 aliphatic rings. The van der Waals surface area contributed by atoms with Gasteiger partial charge in [0.15, 0.2) is 5.11 Å². The maximum atomic E-state index is 13.4. The van der Waals surface area contributed by atoms with E-state index in [2.05, 4.69) is 4.98 Å². The van der Waals surface area contributed by atoms with E-state index in [4.69, 9.17) is 12.2 Å². The molecule has 2 heterocycles. The Bertz CT molecular complexity index is 1170. The van der Waals surface area contributed by atoms with Gasteiger partial charge < -0.3 is 0 Å². The number of hydrogen-bond acceptors (Lipinski definition) is 4. The van der Waals surface area contributed by atoms with Crippen LogP contribution in [0.3, 0.4) is 0 Å². The second-order valence-corrected chi connectivity index (χ2v) is 7.37. The predicted octanol–water partition coefficient (Wildman–Crippen LogP) is 4.45. The number of nitrogens with zero attached hydrogens (tertiary/aromatic N) is 3. The van der Waals surface area contributed by atoms with Crippen LogP contribution in [0, 0.1) is 13.8 Å². The minimum atomic E-state index is -0.492. The first-order chi connectivity index (χ1) is 14.5. The van der Waals surface area contributed by atoms with Crippen LogP contribution >= 0.6 is 12.2 Å². The Kier molecular flexibility index (Phi) is 5.25. The predicted molar refractivity (Wildman–Crippen MR) is 122 cm³/mol. The Morgan fingerprint density at radius 3 is 2.17 bits per heavy atom. The third-order valence-corrected chi connectivity index (χ3v) is 5.24. The number of carbonyl (C=O) groups excluding carboxylic acids is 2. The molecule has 0 saturated carbocycles. The topological polar surface area (TPSA) is 53.5 Å². The molecule has 1 aliphatic heterocycles. The molecule has 148 valence electrons. The summed E-state index contributed by atoms with van der Waals surface area (Å²) in [5.41, 5.74) is 3.39. The Morgan fingerprint density at radius 2 is 1.50 bits per heavy atom. The minimum absolute atomic E-state index is 0.0290. The van der Waals surface area contributed by atoms with E-state index in [0.717, 1.165) is 16.7 Å². The van der Waals surface area contributed by atoms with Crippen LogP contribution in [0.15, 0.2) is 78.5 Å². The summed E-state index contributed by atoms with van der Waals surface area (Å²) in [6.07, 6.45) is 3.19. The highest BCUT2D eigenvalue weighted by Crippen LogP contribution is 2.30. The molecular formula is C24H19N3O2S. The molecule has 0 unspecified atom stereocenters. The number of aryl methyl sites for hydroxylation is 2. The van der Waals surface area contributed by atoms with E-state index in [-0.39, 0.29) is 10.7 Å². The molecule has 0 bridgehead atoms. The maximum Gasteiger partial charge on any atom is 0.271 e. The number of thiocarbonyl (C=S) groups is 1. The van der Waals surface area contributed by atoms with E-state index in [1.165, 1.54) is 9.80 Å². The molecule has 2 aromatic carbocycles. The molecule has 6 heteroatoms. The van der Waals surface area contributed by atoms with Crippen molar-refractivity contribution < 1.29 is 9.59 Å². The van der Waals surface area contributed by atoms with Gasteiger partial charge >= 0.3 is 0 Å². The Balaban J connectivity index is 1.88. The van der Waals surface area contributed by atoms with E-state index in [0.29, 0.717) is 11.5 Å². The lowest BCUT2D eigenvalue weighted by Crippen LogP contribution is -2.57. The van der Waals surface area contributed by atoms with Crippen molar-refractivity contribution in [2.24, 2.45) is 0 Å². The third-order valence-electron chi connectivity index (χ3n) is 4.87. The van der Waals surface area contributed by atoms with Crippen molar-refractivity contribution in [2.45, 2.75) is 13.8 Å². The van der Waals surface area contributed by atoms with Crippen molar-refractivity contribution >= 4 is 46.7 Å². The van der Waals surface area contributed by atoms with Gasteiger partial charge in [-0.1, -0.05) is 54.1 Å². The van der Waals surface area contributed by atoms with Crippen molar-refractivity contribution in [3.8, 4) is 0 Å². The zero-order valence-corrected chi connectivity index (χ0v) is 17.4. The average molecular weight is 414 g/mol. The molecule has 0 spiro atoms. The first-order valence-electron chi connectivity index (χ1n) is 9.45. The van der Waals surface area contributed by atoms with Gasteiger partial charge in [0.2, 0.25) is 0 Å². The SMILES string of the molecule is Cc1ccc(/C=C2\C(=O)N(c3ccccn3)C(=S)N(c3ccccc3C)C2=O)cc1. The van der Waals surface area contributed by atoms with Crippen LogP contribution in [0.4, 0.5) is 11.5 Å². The van der Waals surface area contributed by atoms with Crippen LogP contribution in [0.5, 0.6) is 0 Å². The fourth-order valence-electron chi connectivity index (χ4n) is 3.27. The number of para-hydroxylation sites is 1. The van der Waals surface area contributed by atoms with Gasteiger partial charge in [-0.3, -0.25) is 14.5 Å². The molecule has 30 heavy (non-hydrogen) atoms. The molecule has 0 N–H and O–H groups in total. The summed E-state index contributed by atoms with van der Waals surface area (Å²) >= 11 is 5.60. The van der Waals surface area contributed by atoms with Crippen molar-refractivity contribution in [3.05, 3.63) is 95.2 Å². The number of aromatic nitrogens is 1. The summed E-state index contributed by atoms with van der Waals surface area (Å²) in [5, 5.41) is 0.0825. The number of hydrogen-bond donors (Lipinski definition) is 0. The highest BCUT2D eigenvalue weighted by Gasteiger charge is 2.42. The number of carbonyl (C=O) groups is 2. The zero-order chi connectivity index (χ0) is 21.3.